The van der Waals surface area contributed by atoms with Gasteiger partial charge in [0.15, 0.2) is 0 Å². The van der Waals surface area contributed by atoms with Crippen molar-refractivity contribution in [3.63, 3.8) is 0 Å². The SMILES string of the molecule is NCc1ccc(N/C(=C2\C(=O)Nc3cc(Br)ccc32)c2cccc(CCC(=O)O)c2)cc1. The minimum atomic E-state index is -0.846. The molecule has 0 unspecified atom stereocenters. The molecule has 0 saturated carbocycles. The number of fused-ring (bicyclic) bond motifs is 1. The Hall–Kier alpha value is -3.42. The van der Waals surface area contributed by atoms with Crippen molar-refractivity contribution in [3.05, 3.63) is 93.5 Å². The molecule has 0 aromatic heterocycles. The average Bonchev–Trinajstić information content (AvgIpc) is 3.11. The summed E-state index contributed by atoms with van der Waals surface area (Å²) in [4.78, 5) is 24.0. The molecule has 3 aromatic rings. The topological polar surface area (TPSA) is 104 Å². The van der Waals surface area contributed by atoms with E-state index in [1.165, 1.54) is 0 Å². The van der Waals surface area contributed by atoms with Gasteiger partial charge in [0, 0.05) is 28.7 Å². The number of aryl methyl sites for hydroxylation is 1. The highest BCUT2D eigenvalue weighted by atomic mass is 79.9. The molecule has 1 amide bonds. The van der Waals surface area contributed by atoms with Crippen LogP contribution < -0.4 is 16.4 Å². The van der Waals surface area contributed by atoms with Gasteiger partial charge in [0.05, 0.1) is 17.0 Å². The van der Waals surface area contributed by atoms with Crippen LogP contribution in [-0.4, -0.2) is 17.0 Å². The first-order valence-electron chi connectivity index (χ1n) is 10.2. The molecule has 0 spiro atoms. The molecule has 6 nitrogen and oxygen atoms in total. The zero-order chi connectivity index (χ0) is 22.7. The Morgan fingerprint density at radius 2 is 1.81 bits per heavy atom. The lowest BCUT2D eigenvalue weighted by atomic mass is 9.97. The van der Waals surface area contributed by atoms with E-state index in [2.05, 4.69) is 26.6 Å². The minimum Gasteiger partial charge on any atom is -0.481 e. The number of amides is 1. The number of carboxylic acids is 1. The molecule has 0 radical (unpaired) electrons. The van der Waals surface area contributed by atoms with Crippen LogP contribution in [0.5, 0.6) is 0 Å². The van der Waals surface area contributed by atoms with Crippen LogP contribution in [-0.2, 0) is 22.6 Å². The van der Waals surface area contributed by atoms with Crippen molar-refractivity contribution in [2.45, 2.75) is 19.4 Å². The molecule has 3 aromatic carbocycles. The summed E-state index contributed by atoms with van der Waals surface area (Å²) in [6, 6.07) is 21.0. The summed E-state index contributed by atoms with van der Waals surface area (Å²) in [6.07, 6.45) is 0.452. The highest BCUT2D eigenvalue weighted by Crippen LogP contribution is 2.39. The Labute approximate surface area is 194 Å². The van der Waals surface area contributed by atoms with Crippen molar-refractivity contribution < 1.29 is 14.7 Å². The second-order valence-electron chi connectivity index (χ2n) is 7.51. The molecule has 7 heteroatoms. The number of hydrogen-bond acceptors (Lipinski definition) is 4. The van der Waals surface area contributed by atoms with E-state index in [-0.39, 0.29) is 12.3 Å². The second-order valence-corrected chi connectivity index (χ2v) is 8.43. The van der Waals surface area contributed by atoms with E-state index >= 15 is 0 Å². The first kappa shape index (κ1) is 21.8. The summed E-state index contributed by atoms with van der Waals surface area (Å²) in [5.74, 6) is -1.04. The van der Waals surface area contributed by atoms with E-state index in [0.29, 0.717) is 24.2 Å². The van der Waals surface area contributed by atoms with Gasteiger partial charge in [-0.05, 0) is 53.4 Å². The number of nitrogens with two attached hydrogens (primary N) is 1. The highest BCUT2D eigenvalue weighted by Gasteiger charge is 2.28. The Morgan fingerprint density at radius 1 is 1.03 bits per heavy atom. The van der Waals surface area contributed by atoms with Crippen LogP contribution in [0.15, 0.2) is 71.2 Å². The number of rotatable bonds is 7. The van der Waals surface area contributed by atoms with Crippen molar-refractivity contribution in [1.29, 1.82) is 0 Å². The lowest BCUT2D eigenvalue weighted by Gasteiger charge is -2.16. The maximum Gasteiger partial charge on any atom is 0.303 e. The molecular formula is C25H22BrN3O3. The zero-order valence-corrected chi connectivity index (χ0v) is 18.8. The molecule has 162 valence electrons. The molecule has 5 N–H and O–H groups in total. The molecule has 1 aliphatic heterocycles. The van der Waals surface area contributed by atoms with Crippen LogP contribution in [0.1, 0.15) is 28.7 Å². The van der Waals surface area contributed by atoms with Crippen LogP contribution in [0, 0.1) is 0 Å². The van der Waals surface area contributed by atoms with E-state index in [0.717, 1.165) is 38.1 Å². The summed E-state index contributed by atoms with van der Waals surface area (Å²) in [7, 11) is 0. The first-order valence-corrected chi connectivity index (χ1v) is 11.0. The van der Waals surface area contributed by atoms with Gasteiger partial charge in [0.25, 0.3) is 5.91 Å². The fourth-order valence-electron chi connectivity index (χ4n) is 3.67. The van der Waals surface area contributed by atoms with Gasteiger partial charge in [0.1, 0.15) is 0 Å². The molecule has 4 rings (SSSR count). The van der Waals surface area contributed by atoms with Gasteiger partial charge in [-0.15, -0.1) is 0 Å². The number of carbonyl (C=O) groups is 2. The zero-order valence-electron chi connectivity index (χ0n) is 17.2. The Kier molecular flexibility index (Phi) is 6.39. The normalized spacial score (nSPS) is 14.0. The smallest absolute Gasteiger partial charge is 0.303 e. The second kappa shape index (κ2) is 9.38. The van der Waals surface area contributed by atoms with Gasteiger partial charge >= 0.3 is 5.97 Å². The number of nitrogens with one attached hydrogen (secondary N) is 2. The molecule has 0 atom stereocenters. The molecule has 0 bridgehead atoms. The summed E-state index contributed by atoms with van der Waals surface area (Å²) < 4.78 is 0.875. The van der Waals surface area contributed by atoms with Crippen LogP contribution >= 0.6 is 15.9 Å². The number of carbonyl (C=O) groups excluding carboxylic acids is 1. The maximum atomic E-state index is 13.0. The quantitative estimate of drug-likeness (QED) is 0.353. The molecule has 0 fully saturated rings. The maximum absolute atomic E-state index is 13.0. The summed E-state index contributed by atoms with van der Waals surface area (Å²) in [6.45, 7) is 0.449. The average molecular weight is 492 g/mol. The summed E-state index contributed by atoms with van der Waals surface area (Å²) in [5, 5.41) is 15.4. The summed E-state index contributed by atoms with van der Waals surface area (Å²) in [5.41, 5.74) is 12.0. The standard InChI is InChI=1S/C25H22BrN3O3/c26-18-7-10-20-21(13-18)29-25(32)23(20)24(28-19-8-4-16(14-27)5-9-19)17-3-1-2-15(12-17)6-11-22(30)31/h1-5,7-10,12-13,28H,6,11,14,27H2,(H,29,32)(H,30,31)/b24-23-. The number of hydrogen-bond donors (Lipinski definition) is 4. The molecule has 32 heavy (non-hydrogen) atoms. The van der Waals surface area contributed by atoms with E-state index in [1.54, 1.807) is 0 Å². The lowest BCUT2D eigenvalue weighted by molar-refractivity contribution is -0.137. The summed E-state index contributed by atoms with van der Waals surface area (Å²) >= 11 is 3.45. The third-order valence-corrected chi connectivity index (χ3v) is 5.77. The third-order valence-electron chi connectivity index (χ3n) is 5.28. The Bertz CT molecular complexity index is 1220. The molecule has 1 aliphatic rings. The first-order chi connectivity index (χ1) is 15.4. The Morgan fingerprint density at radius 3 is 2.53 bits per heavy atom. The minimum absolute atomic E-state index is 0.0423. The van der Waals surface area contributed by atoms with Crippen molar-refractivity contribution in [3.8, 4) is 0 Å². The van der Waals surface area contributed by atoms with Crippen molar-refractivity contribution >= 4 is 50.5 Å². The van der Waals surface area contributed by atoms with E-state index in [1.807, 2.05) is 66.7 Å². The van der Waals surface area contributed by atoms with Gasteiger partial charge < -0.3 is 21.5 Å². The number of anilines is 2. The van der Waals surface area contributed by atoms with Gasteiger partial charge in [-0.3, -0.25) is 9.59 Å². The van der Waals surface area contributed by atoms with Gasteiger partial charge in [-0.2, -0.15) is 0 Å². The van der Waals surface area contributed by atoms with Crippen LogP contribution in [0.3, 0.4) is 0 Å². The fraction of sp³-hybridized carbons (Fsp3) is 0.120. The third kappa shape index (κ3) is 4.74. The number of carboxylic acid groups (broad SMARTS) is 1. The van der Waals surface area contributed by atoms with Crippen molar-refractivity contribution in [2.75, 3.05) is 10.6 Å². The number of aliphatic carboxylic acids is 1. The molecule has 1 heterocycles. The lowest BCUT2D eigenvalue weighted by Crippen LogP contribution is -2.10. The fourth-order valence-corrected chi connectivity index (χ4v) is 4.04. The number of halogens is 1. The monoisotopic (exact) mass is 491 g/mol. The molecule has 0 saturated heterocycles. The Balaban J connectivity index is 1.83. The largest absolute Gasteiger partial charge is 0.481 e. The van der Waals surface area contributed by atoms with E-state index in [4.69, 9.17) is 10.8 Å². The van der Waals surface area contributed by atoms with E-state index in [9.17, 15) is 9.59 Å². The predicted octanol–water partition coefficient (Wildman–Crippen LogP) is 4.86. The van der Waals surface area contributed by atoms with Crippen LogP contribution in [0.4, 0.5) is 11.4 Å². The van der Waals surface area contributed by atoms with Crippen molar-refractivity contribution in [2.24, 2.45) is 5.73 Å². The molecule has 0 aliphatic carbocycles. The van der Waals surface area contributed by atoms with Crippen LogP contribution in [0.2, 0.25) is 0 Å². The number of benzene rings is 3. The van der Waals surface area contributed by atoms with E-state index < -0.39 is 5.97 Å². The highest BCUT2D eigenvalue weighted by molar-refractivity contribution is 9.10. The van der Waals surface area contributed by atoms with Crippen LogP contribution in [0.25, 0.3) is 11.3 Å². The predicted molar refractivity (Wildman–Crippen MR) is 130 cm³/mol. The van der Waals surface area contributed by atoms with Crippen molar-refractivity contribution in [1.82, 2.24) is 0 Å². The molecular weight excluding hydrogens is 470 g/mol. The van der Waals surface area contributed by atoms with Gasteiger partial charge in [0.2, 0.25) is 0 Å². The van der Waals surface area contributed by atoms with Gasteiger partial charge in [-0.25, -0.2) is 0 Å². The van der Waals surface area contributed by atoms with Gasteiger partial charge in [-0.1, -0.05) is 52.3 Å².